The van der Waals surface area contributed by atoms with E-state index in [-0.39, 0.29) is 6.04 Å². The van der Waals surface area contributed by atoms with E-state index in [1.54, 1.807) is 0 Å². The molecular formula is C11H21N3O2S. The second-order valence-corrected chi connectivity index (χ2v) is 7.07. The van der Waals surface area contributed by atoms with Crippen molar-refractivity contribution < 1.29 is 8.42 Å². The third-order valence-corrected chi connectivity index (χ3v) is 4.22. The maximum atomic E-state index is 11.1. The number of hydrogen-bond donors (Lipinski definition) is 2. The van der Waals surface area contributed by atoms with E-state index < -0.39 is 10.0 Å². The standard InChI is InChI=1S/C11H21N3O2S/c1-8-4-5-9-6-14(2)7-10(9)11(8)12-13-17(3,15)16/h4,9-13H,5-7H2,1-3H3/t9-,10+,11-/m1/s1. The number of allylic oxidation sites excluding steroid dienone is 1. The lowest BCUT2D eigenvalue weighted by Gasteiger charge is -2.33. The maximum Gasteiger partial charge on any atom is 0.221 e. The SMILES string of the molecule is CC1=CC[C@@H]2CN(C)C[C@@H]2[C@@H]1NNS(C)(=O)=O. The van der Waals surface area contributed by atoms with E-state index >= 15 is 0 Å². The van der Waals surface area contributed by atoms with E-state index in [1.807, 2.05) is 0 Å². The van der Waals surface area contributed by atoms with Gasteiger partial charge in [0.2, 0.25) is 10.0 Å². The van der Waals surface area contributed by atoms with E-state index in [1.165, 1.54) is 11.8 Å². The summed E-state index contributed by atoms with van der Waals surface area (Å²) in [6.07, 6.45) is 4.50. The van der Waals surface area contributed by atoms with Crippen LogP contribution in [0.3, 0.4) is 0 Å². The Balaban J connectivity index is 2.07. The van der Waals surface area contributed by atoms with E-state index in [0.29, 0.717) is 11.8 Å². The van der Waals surface area contributed by atoms with Crippen LogP contribution in [0.25, 0.3) is 0 Å². The number of nitrogens with zero attached hydrogens (tertiary/aromatic N) is 1. The molecule has 2 aliphatic rings. The molecule has 0 aromatic rings. The normalized spacial score (nSPS) is 34.5. The van der Waals surface area contributed by atoms with E-state index in [4.69, 9.17) is 0 Å². The average Bonchev–Trinajstić information content (AvgIpc) is 2.55. The topological polar surface area (TPSA) is 61.4 Å². The van der Waals surface area contributed by atoms with Gasteiger partial charge in [-0.15, -0.1) is 0 Å². The second kappa shape index (κ2) is 4.68. The van der Waals surface area contributed by atoms with Gasteiger partial charge >= 0.3 is 0 Å². The number of hydrogen-bond acceptors (Lipinski definition) is 4. The van der Waals surface area contributed by atoms with Crippen molar-refractivity contribution in [3.05, 3.63) is 11.6 Å². The molecular weight excluding hydrogens is 238 g/mol. The highest BCUT2D eigenvalue weighted by molar-refractivity contribution is 7.88. The Morgan fingerprint density at radius 1 is 1.41 bits per heavy atom. The lowest BCUT2D eigenvalue weighted by atomic mass is 9.79. The van der Waals surface area contributed by atoms with Crippen LogP contribution >= 0.6 is 0 Å². The van der Waals surface area contributed by atoms with Crippen molar-refractivity contribution >= 4 is 10.0 Å². The Hall–Kier alpha value is -0.430. The number of nitrogens with one attached hydrogen (secondary N) is 2. The van der Waals surface area contributed by atoms with Crippen molar-refractivity contribution in [2.24, 2.45) is 11.8 Å². The zero-order valence-electron chi connectivity index (χ0n) is 10.6. The highest BCUT2D eigenvalue weighted by atomic mass is 32.2. The summed E-state index contributed by atoms with van der Waals surface area (Å²) in [5, 5.41) is 0. The van der Waals surface area contributed by atoms with Crippen LogP contribution in [0.1, 0.15) is 13.3 Å². The van der Waals surface area contributed by atoms with Crippen molar-refractivity contribution in [1.29, 1.82) is 0 Å². The van der Waals surface area contributed by atoms with E-state index in [9.17, 15) is 8.42 Å². The molecule has 98 valence electrons. The molecule has 0 radical (unpaired) electrons. The third kappa shape index (κ3) is 3.07. The molecule has 1 saturated heterocycles. The predicted octanol–water partition coefficient (Wildman–Crippen LogP) is -0.0634. The van der Waals surface area contributed by atoms with Gasteiger partial charge in [0.1, 0.15) is 0 Å². The molecule has 0 aromatic carbocycles. The van der Waals surface area contributed by atoms with E-state index in [0.717, 1.165) is 19.5 Å². The Kier molecular flexibility index (Phi) is 3.58. The molecule has 0 unspecified atom stereocenters. The minimum atomic E-state index is -3.19. The fourth-order valence-electron chi connectivity index (χ4n) is 2.94. The molecule has 1 fully saturated rings. The van der Waals surface area contributed by atoms with Gasteiger partial charge in [-0.1, -0.05) is 11.6 Å². The van der Waals surface area contributed by atoms with Gasteiger partial charge < -0.3 is 4.90 Å². The minimum Gasteiger partial charge on any atom is -0.306 e. The first-order valence-electron chi connectivity index (χ1n) is 5.94. The van der Waals surface area contributed by atoms with Crippen LogP contribution in [-0.2, 0) is 10.0 Å². The smallest absolute Gasteiger partial charge is 0.221 e. The van der Waals surface area contributed by atoms with Gasteiger partial charge in [0, 0.05) is 19.1 Å². The first-order chi connectivity index (χ1) is 7.87. The average molecular weight is 259 g/mol. The van der Waals surface area contributed by atoms with Gasteiger partial charge in [0.15, 0.2) is 0 Å². The molecule has 0 bridgehead atoms. The predicted molar refractivity (Wildman–Crippen MR) is 67.8 cm³/mol. The van der Waals surface area contributed by atoms with Crippen LogP contribution in [0.2, 0.25) is 0 Å². The van der Waals surface area contributed by atoms with Gasteiger partial charge in [-0.3, -0.25) is 0 Å². The highest BCUT2D eigenvalue weighted by Crippen LogP contribution is 2.35. The summed E-state index contributed by atoms with van der Waals surface area (Å²) in [6, 6.07) is 0.119. The van der Waals surface area contributed by atoms with Crippen LogP contribution in [-0.4, -0.2) is 45.8 Å². The molecule has 6 heteroatoms. The van der Waals surface area contributed by atoms with Crippen molar-refractivity contribution in [3.63, 3.8) is 0 Å². The zero-order valence-corrected chi connectivity index (χ0v) is 11.4. The molecule has 0 amide bonds. The molecule has 0 spiro atoms. The van der Waals surface area contributed by atoms with Gasteiger partial charge in [-0.2, -0.15) is 4.83 Å². The molecule has 5 nitrogen and oxygen atoms in total. The Morgan fingerprint density at radius 3 is 2.76 bits per heavy atom. The second-order valence-electron chi connectivity index (χ2n) is 5.33. The number of sulfonamides is 1. The first-order valence-corrected chi connectivity index (χ1v) is 7.83. The molecule has 2 rings (SSSR count). The summed E-state index contributed by atoms with van der Waals surface area (Å²) in [5.41, 5.74) is 4.20. The monoisotopic (exact) mass is 259 g/mol. The lowest BCUT2D eigenvalue weighted by molar-refractivity contribution is 0.304. The van der Waals surface area contributed by atoms with Crippen LogP contribution < -0.4 is 10.3 Å². The summed E-state index contributed by atoms with van der Waals surface area (Å²) >= 11 is 0. The first kappa shape index (κ1) is 13.0. The molecule has 3 atom stereocenters. The maximum absolute atomic E-state index is 11.1. The Morgan fingerprint density at radius 2 is 2.12 bits per heavy atom. The van der Waals surface area contributed by atoms with Crippen molar-refractivity contribution in [2.45, 2.75) is 19.4 Å². The summed E-state index contributed by atoms with van der Waals surface area (Å²) in [4.78, 5) is 4.73. The third-order valence-electron chi connectivity index (χ3n) is 3.74. The summed E-state index contributed by atoms with van der Waals surface area (Å²) in [7, 11) is -1.07. The Bertz CT molecular complexity index is 418. The molecule has 2 N–H and O–H groups in total. The van der Waals surface area contributed by atoms with Crippen LogP contribution in [0, 0.1) is 11.8 Å². The zero-order chi connectivity index (χ0) is 12.6. The highest BCUT2D eigenvalue weighted by Gasteiger charge is 2.39. The van der Waals surface area contributed by atoms with Gasteiger partial charge in [0.25, 0.3) is 0 Å². The number of hydrazine groups is 1. The van der Waals surface area contributed by atoms with Crippen molar-refractivity contribution in [2.75, 3.05) is 26.4 Å². The summed E-state index contributed by atoms with van der Waals surface area (Å²) in [6.45, 7) is 4.20. The fourth-order valence-corrected chi connectivity index (χ4v) is 3.28. The van der Waals surface area contributed by atoms with Gasteiger partial charge in [0.05, 0.1) is 6.26 Å². The molecule has 1 heterocycles. The largest absolute Gasteiger partial charge is 0.306 e. The molecule has 1 aliphatic carbocycles. The Labute approximate surface area is 103 Å². The molecule has 0 aromatic heterocycles. The minimum absolute atomic E-state index is 0.119. The van der Waals surface area contributed by atoms with E-state index in [2.05, 4.69) is 35.2 Å². The van der Waals surface area contributed by atoms with Crippen LogP contribution in [0.15, 0.2) is 11.6 Å². The molecule has 0 saturated carbocycles. The summed E-state index contributed by atoms with van der Waals surface area (Å²) in [5.74, 6) is 1.14. The fraction of sp³-hybridized carbons (Fsp3) is 0.818. The van der Waals surface area contributed by atoms with Gasteiger partial charge in [-0.05, 0) is 32.2 Å². The number of fused-ring (bicyclic) bond motifs is 1. The lowest BCUT2D eigenvalue weighted by Crippen LogP contribution is -2.50. The number of likely N-dealkylation sites (tertiary alicyclic amines) is 1. The quantitative estimate of drug-likeness (QED) is 0.550. The van der Waals surface area contributed by atoms with Crippen molar-refractivity contribution in [1.82, 2.24) is 15.2 Å². The van der Waals surface area contributed by atoms with Crippen molar-refractivity contribution in [3.8, 4) is 0 Å². The molecule has 1 aliphatic heterocycles. The van der Waals surface area contributed by atoms with Gasteiger partial charge in [-0.25, -0.2) is 13.8 Å². The summed E-state index contributed by atoms with van der Waals surface area (Å²) < 4.78 is 22.3. The molecule has 17 heavy (non-hydrogen) atoms. The van der Waals surface area contributed by atoms with Crippen LogP contribution in [0.5, 0.6) is 0 Å². The van der Waals surface area contributed by atoms with Crippen LogP contribution in [0.4, 0.5) is 0 Å². The number of rotatable bonds is 3.